The number of urea groups is 2. The van der Waals surface area contributed by atoms with Crippen LogP contribution in [-0.4, -0.2) is 80.5 Å². The Morgan fingerprint density at radius 2 is 1.80 bits per heavy atom. The second-order valence-corrected chi connectivity index (χ2v) is 11.2. The smallest absolute Gasteiger partial charge is 0.352 e. The summed E-state index contributed by atoms with van der Waals surface area (Å²) in [5.41, 5.74) is 1.05. The summed E-state index contributed by atoms with van der Waals surface area (Å²) in [4.78, 5) is 46.5. The number of hydrogen-bond donors (Lipinski definition) is 1. The summed E-state index contributed by atoms with van der Waals surface area (Å²) in [6, 6.07) is 14.1. The van der Waals surface area contributed by atoms with Crippen molar-refractivity contribution >= 4 is 23.7 Å². The number of hydrogen-bond acceptors (Lipinski definition) is 7. The summed E-state index contributed by atoms with van der Waals surface area (Å²) in [5.74, 6) is -3.44. The Hall–Kier alpha value is -4.42. The van der Waals surface area contributed by atoms with Crippen LogP contribution in [0.25, 0.3) is 0 Å². The molecular formula is C33H36F2N4O6. The number of esters is 1. The number of nitrogens with one attached hydrogen (secondary N) is 1. The zero-order chi connectivity index (χ0) is 32.0. The highest BCUT2D eigenvalue weighted by Gasteiger charge is 2.47. The Balaban J connectivity index is 1.25. The first-order valence-electron chi connectivity index (χ1n) is 14.8. The molecule has 4 amide bonds. The third-order valence-electron chi connectivity index (χ3n) is 8.61. The van der Waals surface area contributed by atoms with Crippen molar-refractivity contribution in [3.05, 3.63) is 95.4 Å². The van der Waals surface area contributed by atoms with Crippen LogP contribution in [0.2, 0.25) is 0 Å². The minimum Gasteiger partial charge on any atom is -0.468 e. The van der Waals surface area contributed by atoms with E-state index in [2.05, 4.69) is 27.3 Å². The first-order chi connectivity index (χ1) is 21.8. The molecule has 2 aliphatic heterocycles. The molecule has 45 heavy (non-hydrogen) atoms. The van der Waals surface area contributed by atoms with Crippen LogP contribution in [0.5, 0.6) is 0 Å². The van der Waals surface area contributed by atoms with Gasteiger partial charge in [0.25, 0.3) is 0 Å². The summed E-state index contributed by atoms with van der Waals surface area (Å²) in [7, 11) is 2.50. The first kappa shape index (κ1) is 32.0. The summed E-state index contributed by atoms with van der Waals surface area (Å²) in [6.07, 6.45) is 4.02. The molecule has 0 bridgehead atoms. The van der Waals surface area contributed by atoms with E-state index in [1.807, 2.05) is 30.3 Å². The number of aliphatic imine (C=N–C) groups is 1. The van der Waals surface area contributed by atoms with Crippen LogP contribution in [-0.2, 0) is 19.7 Å². The van der Waals surface area contributed by atoms with E-state index >= 15 is 0 Å². The lowest BCUT2D eigenvalue weighted by atomic mass is 9.71. The molecule has 0 spiro atoms. The molecular weight excluding hydrogens is 586 g/mol. The van der Waals surface area contributed by atoms with Crippen LogP contribution >= 0.6 is 0 Å². The number of carbonyl (C=O) groups excluding carboxylic acids is 3. The van der Waals surface area contributed by atoms with Crippen LogP contribution < -0.4 is 5.32 Å². The Morgan fingerprint density at radius 1 is 1.04 bits per heavy atom. The maximum Gasteiger partial charge on any atom is 0.352 e. The lowest BCUT2D eigenvalue weighted by Gasteiger charge is -2.41. The molecule has 1 aromatic heterocycles. The highest BCUT2D eigenvalue weighted by atomic mass is 19.2. The van der Waals surface area contributed by atoms with E-state index in [0.717, 1.165) is 55.8 Å². The van der Waals surface area contributed by atoms with Gasteiger partial charge < -0.3 is 24.1 Å². The number of piperidine rings is 1. The summed E-state index contributed by atoms with van der Waals surface area (Å²) < 4.78 is 44.0. The van der Waals surface area contributed by atoms with Crippen LogP contribution in [0.15, 0.2) is 76.3 Å². The lowest BCUT2D eigenvalue weighted by molar-refractivity contribution is -0.144. The third kappa shape index (κ3) is 6.66. The second kappa shape index (κ2) is 14.1. The van der Waals surface area contributed by atoms with Gasteiger partial charge in [0.15, 0.2) is 11.6 Å². The van der Waals surface area contributed by atoms with E-state index in [0.29, 0.717) is 13.0 Å². The Morgan fingerprint density at radius 3 is 2.44 bits per heavy atom. The van der Waals surface area contributed by atoms with Crippen molar-refractivity contribution in [2.75, 3.05) is 47.0 Å². The van der Waals surface area contributed by atoms with Crippen molar-refractivity contribution < 1.29 is 37.1 Å². The topological polar surface area (TPSA) is 114 Å². The van der Waals surface area contributed by atoms with Gasteiger partial charge in [-0.2, -0.15) is 4.99 Å². The fraction of sp³-hybridized carbons (Fsp3) is 0.394. The van der Waals surface area contributed by atoms with Crippen molar-refractivity contribution in [3.8, 4) is 0 Å². The molecule has 10 nitrogen and oxygen atoms in total. The maximum absolute atomic E-state index is 14.3. The number of nitrogens with zero attached hydrogens (tertiary/aromatic N) is 3. The zero-order valence-electron chi connectivity index (χ0n) is 25.2. The Labute approximate surface area is 260 Å². The van der Waals surface area contributed by atoms with E-state index in [-0.39, 0.29) is 29.8 Å². The number of ether oxygens (including phenoxy) is 2. The molecule has 1 saturated heterocycles. The molecule has 5 rings (SSSR count). The molecule has 3 heterocycles. The molecule has 2 atom stereocenters. The molecule has 0 aliphatic carbocycles. The molecule has 12 heteroatoms. The van der Waals surface area contributed by atoms with Crippen LogP contribution in [0, 0.1) is 17.6 Å². The Bertz CT molecular complexity index is 1520. The number of rotatable bonds is 10. The van der Waals surface area contributed by atoms with Gasteiger partial charge >= 0.3 is 18.0 Å². The van der Waals surface area contributed by atoms with Gasteiger partial charge in [0, 0.05) is 13.7 Å². The molecule has 2 unspecified atom stereocenters. The monoisotopic (exact) mass is 622 g/mol. The van der Waals surface area contributed by atoms with Gasteiger partial charge in [-0.25, -0.2) is 23.3 Å². The van der Waals surface area contributed by atoms with Crippen LogP contribution in [0.3, 0.4) is 0 Å². The van der Waals surface area contributed by atoms with E-state index in [9.17, 15) is 23.2 Å². The number of methoxy groups -OCH3 is 2. The van der Waals surface area contributed by atoms with Crippen LogP contribution in [0.1, 0.15) is 42.2 Å². The highest BCUT2D eigenvalue weighted by molar-refractivity contribution is 6.12. The van der Waals surface area contributed by atoms with Gasteiger partial charge in [-0.15, -0.1) is 0 Å². The van der Waals surface area contributed by atoms with Crippen molar-refractivity contribution in [2.45, 2.75) is 30.7 Å². The normalized spacial score (nSPS) is 20.0. The van der Waals surface area contributed by atoms with Crippen molar-refractivity contribution in [1.29, 1.82) is 0 Å². The van der Waals surface area contributed by atoms with E-state index < -0.39 is 41.6 Å². The third-order valence-corrected chi connectivity index (χ3v) is 8.61. The number of furan rings is 1. The average molecular weight is 623 g/mol. The number of amides is 4. The number of imide groups is 1. The molecule has 1 N–H and O–H groups in total. The van der Waals surface area contributed by atoms with Gasteiger partial charge in [0.1, 0.15) is 11.7 Å². The quantitative estimate of drug-likeness (QED) is 0.248. The summed E-state index contributed by atoms with van der Waals surface area (Å²) in [5, 5.41) is 2.74. The molecule has 0 radical (unpaired) electrons. The highest BCUT2D eigenvalue weighted by Crippen LogP contribution is 2.42. The summed E-state index contributed by atoms with van der Waals surface area (Å²) in [6.45, 7) is 2.37. The Kier molecular flexibility index (Phi) is 10.0. The summed E-state index contributed by atoms with van der Waals surface area (Å²) >= 11 is 0. The fourth-order valence-corrected chi connectivity index (χ4v) is 6.34. The number of carbonyl (C=O) groups is 3. The second-order valence-electron chi connectivity index (χ2n) is 11.2. The van der Waals surface area contributed by atoms with Gasteiger partial charge in [0.2, 0.25) is 0 Å². The molecule has 2 aromatic carbocycles. The minimum absolute atomic E-state index is 0.0133. The van der Waals surface area contributed by atoms with Gasteiger partial charge in [-0.05, 0) is 74.3 Å². The molecule has 1 fully saturated rings. The predicted molar refractivity (Wildman–Crippen MR) is 161 cm³/mol. The van der Waals surface area contributed by atoms with Crippen LogP contribution in [0.4, 0.5) is 18.4 Å². The van der Waals surface area contributed by atoms with Crippen molar-refractivity contribution in [3.63, 3.8) is 0 Å². The van der Waals surface area contributed by atoms with E-state index in [1.165, 1.54) is 18.7 Å². The van der Waals surface area contributed by atoms with Gasteiger partial charge in [0.05, 0.1) is 37.1 Å². The van der Waals surface area contributed by atoms with Gasteiger partial charge in [-0.3, -0.25) is 4.79 Å². The average Bonchev–Trinajstić information content (AvgIpc) is 3.60. The standard InChI is InChI=1S/C33H36F2N4O6/c1-43-21-26-28(30(40)44-2)29(22-11-12-24(34)25(35)20-22)39(32(42)37-26)31(41)36-15-7-16-38-17-13-33(14-18-38,27-10-6-19-45-27)23-8-4-3-5-9-23/h3-6,8-12,19-20,28-29H,7,13-18,21H2,1-2H3,(H,36,41). The predicted octanol–water partition coefficient (Wildman–Crippen LogP) is 5.09. The molecule has 0 saturated carbocycles. The molecule has 2 aliphatic rings. The first-order valence-corrected chi connectivity index (χ1v) is 14.8. The fourth-order valence-electron chi connectivity index (χ4n) is 6.34. The van der Waals surface area contributed by atoms with E-state index in [4.69, 9.17) is 13.9 Å². The number of likely N-dealkylation sites (tertiary alicyclic amines) is 1. The SMILES string of the molecule is COCC1=NC(=O)N(C(=O)NCCCN2CCC(c3ccccc3)(c3ccco3)CC2)C(c2ccc(F)c(F)c2)C1C(=O)OC. The minimum atomic E-state index is -1.34. The van der Waals surface area contributed by atoms with E-state index in [1.54, 1.807) is 6.26 Å². The van der Waals surface area contributed by atoms with Crippen molar-refractivity contribution in [1.82, 2.24) is 15.1 Å². The maximum atomic E-state index is 14.3. The largest absolute Gasteiger partial charge is 0.468 e. The van der Waals surface area contributed by atoms with Crippen molar-refractivity contribution in [2.24, 2.45) is 10.9 Å². The zero-order valence-corrected chi connectivity index (χ0v) is 25.2. The van der Waals surface area contributed by atoms with Gasteiger partial charge in [-0.1, -0.05) is 36.4 Å². The molecule has 238 valence electrons. The number of halogens is 2. The number of benzene rings is 2. The molecule has 3 aromatic rings. The lowest BCUT2D eigenvalue weighted by Crippen LogP contribution is -2.54.